The molecule has 1 aromatic carbocycles. The molecular formula is C16H17Cl2NO3. The van der Waals surface area contributed by atoms with Crippen molar-refractivity contribution in [1.82, 2.24) is 0 Å². The van der Waals surface area contributed by atoms with Crippen molar-refractivity contribution in [3.05, 3.63) is 28.2 Å². The van der Waals surface area contributed by atoms with Crippen molar-refractivity contribution in [1.29, 1.82) is 0 Å². The number of rotatable bonds is 2. The Morgan fingerprint density at radius 2 is 1.91 bits per heavy atom. The topological polar surface area (TPSA) is 55.4 Å². The summed E-state index contributed by atoms with van der Waals surface area (Å²) in [5.41, 5.74) is -1.97. The summed E-state index contributed by atoms with van der Waals surface area (Å²) in [5.74, 6) is -0.660. The average molecular weight is 342 g/mol. The fourth-order valence-corrected chi connectivity index (χ4v) is 3.90. The Bertz CT molecular complexity index is 688. The van der Waals surface area contributed by atoms with E-state index in [1.54, 1.807) is 18.2 Å². The maximum absolute atomic E-state index is 12.9. The molecule has 1 aliphatic carbocycles. The Morgan fingerprint density at radius 3 is 2.45 bits per heavy atom. The van der Waals surface area contributed by atoms with Crippen LogP contribution in [0.2, 0.25) is 10.0 Å². The number of hydrogen-bond acceptors (Lipinski definition) is 3. The number of carbonyl (C=O) groups excluding carboxylic acids is 2. The predicted octanol–water partition coefficient (Wildman–Crippen LogP) is 4.05. The van der Waals surface area contributed by atoms with E-state index in [9.17, 15) is 9.59 Å². The van der Waals surface area contributed by atoms with Crippen molar-refractivity contribution in [3.8, 4) is 0 Å². The van der Waals surface area contributed by atoms with E-state index in [0.717, 1.165) is 0 Å². The van der Waals surface area contributed by atoms with Gasteiger partial charge >= 0.3 is 5.97 Å². The van der Waals surface area contributed by atoms with E-state index in [2.05, 4.69) is 5.32 Å². The summed E-state index contributed by atoms with van der Waals surface area (Å²) in [6.07, 6.45) is 1.14. The van der Waals surface area contributed by atoms with Gasteiger partial charge in [-0.25, -0.2) is 0 Å². The molecule has 1 aliphatic heterocycles. The highest BCUT2D eigenvalue weighted by molar-refractivity contribution is 6.35. The van der Waals surface area contributed by atoms with Gasteiger partial charge < -0.3 is 10.1 Å². The van der Waals surface area contributed by atoms with Crippen LogP contribution in [0.3, 0.4) is 0 Å². The third kappa shape index (κ3) is 1.77. The lowest BCUT2D eigenvalue weighted by Gasteiger charge is -2.35. The summed E-state index contributed by atoms with van der Waals surface area (Å²) >= 11 is 12.0. The fourth-order valence-electron chi connectivity index (χ4n) is 3.56. The molecular weight excluding hydrogens is 325 g/mol. The molecule has 2 bridgehead atoms. The molecule has 2 fully saturated rings. The highest BCUT2D eigenvalue weighted by Crippen LogP contribution is 2.65. The first kappa shape index (κ1) is 15.6. The van der Waals surface area contributed by atoms with E-state index < -0.39 is 16.4 Å². The molecule has 22 heavy (non-hydrogen) atoms. The van der Waals surface area contributed by atoms with Gasteiger partial charge in [0, 0.05) is 10.4 Å². The number of fused-ring (bicyclic) bond motifs is 2. The minimum absolute atomic E-state index is 0.309. The normalized spacial score (nSPS) is 32.0. The van der Waals surface area contributed by atoms with Gasteiger partial charge in [-0.05, 0) is 38.0 Å². The van der Waals surface area contributed by atoms with Gasteiger partial charge in [-0.2, -0.15) is 0 Å². The van der Waals surface area contributed by atoms with E-state index in [1.165, 1.54) is 0 Å². The first-order valence-corrected chi connectivity index (χ1v) is 7.90. The van der Waals surface area contributed by atoms with Crippen molar-refractivity contribution in [2.45, 2.75) is 39.2 Å². The standard InChI is InChI=1S/C16H17Cl2NO3/c1-14(2)15(3)6-7-16(14,22-13(15)21)12(20)19-11-8-9(17)4-5-10(11)18/h4-5,8H,6-7H2,1-3H3,(H,19,20)/t15-,16+/m0/s1. The van der Waals surface area contributed by atoms with Crippen LogP contribution in [0.5, 0.6) is 0 Å². The van der Waals surface area contributed by atoms with Crippen LogP contribution < -0.4 is 5.32 Å². The van der Waals surface area contributed by atoms with Gasteiger partial charge in [-0.3, -0.25) is 9.59 Å². The molecule has 1 N–H and O–H groups in total. The van der Waals surface area contributed by atoms with Crippen molar-refractivity contribution in [2.75, 3.05) is 5.32 Å². The highest BCUT2D eigenvalue weighted by Gasteiger charge is 2.75. The number of esters is 1. The molecule has 0 spiro atoms. The van der Waals surface area contributed by atoms with E-state index in [0.29, 0.717) is 28.6 Å². The minimum atomic E-state index is -1.16. The molecule has 1 saturated heterocycles. The van der Waals surface area contributed by atoms with Gasteiger partial charge in [0.15, 0.2) is 5.60 Å². The largest absolute Gasteiger partial charge is 0.448 e. The van der Waals surface area contributed by atoms with Crippen molar-refractivity contribution < 1.29 is 14.3 Å². The van der Waals surface area contributed by atoms with Crippen LogP contribution in [0.25, 0.3) is 0 Å². The molecule has 0 unspecified atom stereocenters. The van der Waals surface area contributed by atoms with Gasteiger partial charge in [0.05, 0.1) is 16.1 Å². The van der Waals surface area contributed by atoms with Crippen LogP contribution in [0.4, 0.5) is 5.69 Å². The Labute approximate surface area is 139 Å². The second-order valence-electron chi connectivity index (χ2n) is 6.75. The van der Waals surface area contributed by atoms with E-state index in [1.807, 2.05) is 20.8 Å². The number of benzene rings is 1. The van der Waals surface area contributed by atoms with Gasteiger partial charge in [0.1, 0.15) is 0 Å². The average Bonchev–Trinajstić information content (AvgIpc) is 2.73. The molecule has 2 atom stereocenters. The second-order valence-corrected chi connectivity index (χ2v) is 7.60. The van der Waals surface area contributed by atoms with Crippen LogP contribution in [-0.4, -0.2) is 17.5 Å². The lowest BCUT2D eigenvalue weighted by molar-refractivity contribution is -0.165. The predicted molar refractivity (Wildman–Crippen MR) is 85.0 cm³/mol. The lowest BCUT2D eigenvalue weighted by atomic mass is 9.66. The Balaban J connectivity index is 1.96. The number of nitrogens with one attached hydrogen (secondary N) is 1. The van der Waals surface area contributed by atoms with Gasteiger partial charge in [-0.1, -0.05) is 37.0 Å². The molecule has 2 aliphatic rings. The molecule has 1 amide bonds. The first-order valence-electron chi connectivity index (χ1n) is 7.14. The molecule has 1 aromatic rings. The van der Waals surface area contributed by atoms with Crippen LogP contribution in [0.1, 0.15) is 33.6 Å². The quantitative estimate of drug-likeness (QED) is 0.825. The first-order chi connectivity index (χ1) is 10.1. The SMILES string of the molecule is CC1(C)[C@@]2(C)CC[C@]1(C(=O)Nc1cc(Cl)ccc1Cl)OC2=O. The summed E-state index contributed by atoms with van der Waals surface area (Å²) in [4.78, 5) is 25.1. The number of halogens is 2. The van der Waals surface area contributed by atoms with Gasteiger partial charge in [-0.15, -0.1) is 0 Å². The minimum Gasteiger partial charge on any atom is -0.448 e. The van der Waals surface area contributed by atoms with Gasteiger partial charge in [0.2, 0.25) is 0 Å². The van der Waals surface area contributed by atoms with E-state index in [-0.39, 0.29) is 11.9 Å². The van der Waals surface area contributed by atoms with Crippen molar-refractivity contribution >= 4 is 40.8 Å². The van der Waals surface area contributed by atoms with Crippen molar-refractivity contribution in [2.24, 2.45) is 10.8 Å². The Hall–Kier alpha value is -1.26. The lowest BCUT2D eigenvalue weighted by Crippen LogP contribution is -2.50. The fraction of sp³-hybridized carbons (Fsp3) is 0.500. The van der Waals surface area contributed by atoms with Crippen LogP contribution in [0.15, 0.2) is 18.2 Å². The molecule has 118 valence electrons. The molecule has 0 radical (unpaired) electrons. The Morgan fingerprint density at radius 1 is 1.23 bits per heavy atom. The van der Waals surface area contributed by atoms with Gasteiger partial charge in [0.25, 0.3) is 5.91 Å². The molecule has 4 nitrogen and oxygen atoms in total. The summed E-state index contributed by atoms with van der Waals surface area (Å²) in [6.45, 7) is 5.68. The summed E-state index contributed by atoms with van der Waals surface area (Å²) in [7, 11) is 0. The smallest absolute Gasteiger partial charge is 0.313 e. The second kappa shape index (κ2) is 4.62. The Kier molecular flexibility index (Phi) is 3.28. The molecule has 3 rings (SSSR count). The third-order valence-electron chi connectivity index (χ3n) is 5.63. The number of amides is 1. The monoisotopic (exact) mass is 341 g/mol. The molecule has 1 saturated carbocycles. The highest BCUT2D eigenvalue weighted by atomic mass is 35.5. The number of ether oxygens (including phenoxy) is 1. The van der Waals surface area contributed by atoms with E-state index in [4.69, 9.17) is 27.9 Å². The van der Waals surface area contributed by atoms with E-state index >= 15 is 0 Å². The number of carbonyl (C=O) groups is 2. The van der Waals surface area contributed by atoms with Crippen LogP contribution in [-0.2, 0) is 14.3 Å². The zero-order valence-corrected chi connectivity index (χ0v) is 14.1. The zero-order chi connectivity index (χ0) is 16.3. The molecule has 0 aromatic heterocycles. The summed E-state index contributed by atoms with van der Waals surface area (Å²) in [5, 5.41) is 3.63. The van der Waals surface area contributed by atoms with Crippen LogP contribution in [0, 0.1) is 10.8 Å². The summed E-state index contributed by atoms with van der Waals surface area (Å²) < 4.78 is 5.54. The third-order valence-corrected chi connectivity index (χ3v) is 6.19. The van der Waals surface area contributed by atoms with Crippen molar-refractivity contribution in [3.63, 3.8) is 0 Å². The maximum atomic E-state index is 12.9. The molecule has 1 heterocycles. The number of anilines is 1. The zero-order valence-electron chi connectivity index (χ0n) is 12.6. The summed E-state index contributed by atoms with van der Waals surface area (Å²) in [6, 6.07) is 4.84. The number of hydrogen-bond donors (Lipinski definition) is 1. The maximum Gasteiger partial charge on any atom is 0.313 e. The molecule has 6 heteroatoms. The van der Waals surface area contributed by atoms with Crippen LogP contribution >= 0.6 is 23.2 Å².